The van der Waals surface area contributed by atoms with Crippen molar-refractivity contribution in [1.29, 1.82) is 5.26 Å². The fraction of sp³-hybridized carbons (Fsp3) is 0.857. The first-order valence-electron chi connectivity index (χ1n) is 6.87. The lowest BCUT2D eigenvalue weighted by Gasteiger charge is -2.26. The van der Waals surface area contributed by atoms with Gasteiger partial charge in [0.1, 0.15) is 6.04 Å². The van der Waals surface area contributed by atoms with E-state index in [0.29, 0.717) is 6.04 Å². The van der Waals surface area contributed by atoms with Gasteiger partial charge in [0.15, 0.2) is 0 Å². The first-order chi connectivity index (χ1) is 8.40. The quantitative estimate of drug-likeness (QED) is 0.804. The van der Waals surface area contributed by atoms with Crippen LogP contribution in [0.5, 0.6) is 0 Å². The van der Waals surface area contributed by atoms with Crippen LogP contribution in [0.15, 0.2) is 0 Å². The van der Waals surface area contributed by atoms with Crippen LogP contribution in [0.25, 0.3) is 0 Å². The summed E-state index contributed by atoms with van der Waals surface area (Å²) >= 11 is 0. The Morgan fingerprint density at radius 1 is 1.33 bits per heavy atom. The summed E-state index contributed by atoms with van der Waals surface area (Å²) in [6.45, 7) is 5.84. The SMILES string of the molecule is CC(C)(C)NC(=O)CC(C#N)NC1CCCCC1. The molecule has 2 N–H and O–H groups in total. The van der Waals surface area contributed by atoms with Crippen LogP contribution in [0.2, 0.25) is 0 Å². The zero-order chi connectivity index (χ0) is 13.6. The molecule has 0 aromatic heterocycles. The summed E-state index contributed by atoms with van der Waals surface area (Å²) < 4.78 is 0. The molecule has 0 saturated heterocycles. The van der Waals surface area contributed by atoms with E-state index in [9.17, 15) is 4.79 Å². The molecule has 1 atom stereocenters. The van der Waals surface area contributed by atoms with Crippen molar-refractivity contribution in [3.63, 3.8) is 0 Å². The number of amides is 1. The number of hydrogen-bond acceptors (Lipinski definition) is 3. The zero-order valence-electron chi connectivity index (χ0n) is 11.8. The van der Waals surface area contributed by atoms with Crippen molar-refractivity contribution in [2.24, 2.45) is 0 Å². The molecular formula is C14H25N3O. The van der Waals surface area contributed by atoms with Gasteiger partial charge in [-0.1, -0.05) is 19.3 Å². The number of carbonyl (C=O) groups is 1. The van der Waals surface area contributed by atoms with Crippen molar-refractivity contribution in [3.05, 3.63) is 0 Å². The first-order valence-corrected chi connectivity index (χ1v) is 6.87. The lowest BCUT2D eigenvalue weighted by atomic mass is 9.94. The van der Waals surface area contributed by atoms with E-state index in [2.05, 4.69) is 16.7 Å². The van der Waals surface area contributed by atoms with Gasteiger partial charge in [0.2, 0.25) is 5.91 Å². The Balaban J connectivity index is 2.37. The van der Waals surface area contributed by atoms with Gasteiger partial charge in [-0.05, 0) is 33.6 Å². The van der Waals surface area contributed by atoms with Crippen LogP contribution in [0, 0.1) is 11.3 Å². The molecule has 1 saturated carbocycles. The van der Waals surface area contributed by atoms with E-state index in [-0.39, 0.29) is 23.9 Å². The average molecular weight is 251 g/mol. The van der Waals surface area contributed by atoms with Gasteiger partial charge in [0, 0.05) is 11.6 Å². The standard InChI is InChI=1S/C14H25N3O/c1-14(2,3)17-13(18)9-12(10-15)16-11-7-5-4-6-8-11/h11-12,16H,4-9H2,1-3H3,(H,17,18). The summed E-state index contributed by atoms with van der Waals surface area (Å²) in [7, 11) is 0. The smallest absolute Gasteiger partial charge is 0.223 e. The maximum Gasteiger partial charge on any atom is 0.223 e. The van der Waals surface area contributed by atoms with Crippen molar-refractivity contribution >= 4 is 5.91 Å². The molecule has 1 unspecified atom stereocenters. The van der Waals surface area contributed by atoms with E-state index in [1.807, 2.05) is 20.8 Å². The third kappa shape index (κ3) is 6.02. The number of nitriles is 1. The van der Waals surface area contributed by atoms with E-state index in [1.54, 1.807) is 0 Å². The summed E-state index contributed by atoms with van der Waals surface area (Å²) in [6, 6.07) is 2.24. The molecule has 0 radical (unpaired) electrons. The van der Waals surface area contributed by atoms with Gasteiger partial charge in [-0.3, -0.25) is 10.1 Å². The lowest BCUT2D eigenvalue weighted by Crippen LogP contribution is -2.45. The molecule has 1 aliphatic rings. The molecule has 1 fully saturated rings. The summed E-state index contributed by atoms with van der Waals surface area (Å²) in [5.41, 5.74) is -0.234. The number of carbonyl (C=O) groups excluding carboxylic acids is 1. The normalized spacial score (nSPS) is 19.0. The molecule has 0 aromatic carbocycles. The van der Waals surface area contributed by atoms with Crippen LogP contribution in [-0.4, -0.2) is 23.5 Å². The molecule has 0 aliphatic heterocycles. The van der Waals surface area contributed by atoms with Gasteiger partial charge in [0.25, 0.3) is 0 Å². The summed E-state index contributed by atoms with van der Waals surface area (Å²) in [5, 5.41) is 15.3. The summed E-state index contributed by atoms with van der Waals surface area (Å²) in [4.78, 5) is 11.8. The molecule has 1 aliphatic carbocycles. The van der Waals surface area contributed by atoms with Crippen molar-refractivity contribution in [2.45, 2.75) is 76.9 Å². The van der Waals surface area contributed by atoms with E-state index in [1.165, 1.54) is 19.3 Å². The van der Waals surface area contributed by atoms with E-state index in [4.69, 9.17) is 5.26 Å². The molecule has 4 heteroatoms. The average Bonchev–Trinajstić information content (AvgIpc) is 2.27. The Kier molecular flexibility index (Phi) is 5.61. The van der Waals surface area contributed by atoms with Crippen LogP contribution in [-0.2, 0) is 4.79 Å². The van der Waals surface area contributed by atoms with E-state index < -0.39 is 0 Å². The van der Waals surface area contributed by atoms with Gasteiger partial charge in [-0.15, -0.1) is 0 Å². The minimum Gasteiger partial charge on any atom is -0.351 e. The number of rotatable bonds is 4. The van der Waals surface area contributed by atoms with Gasteiger partial charge >= 0.3 is 0 Å². The third-order valence-corrected chi connectivity index (χ3v) is 3.10. The van der Waals surface area contributed by atoms with Crippen LogP contribution in [0.4, 0.5) is 0 Å². The van der Waals surface area contributed by atoms with Crippen molar-refractivity contribution in [2.75, 3.05) is 0 Å². The predicted molar refractivity (Wildman–Crippen MR) is 71.9 cm³/mol. The molecule has 1 amide bonds. The Labute approximate surface area is 110 Å². The molecule has 18 heavy (non-hydrogen) atoms. The maximum absolute atomic E-state index is 11.8. The van der Waals surface area contributed by atoms with Crippen LogP contribution >= 0.6 is 0 Å². The molecule has 0 bridgehead atoms. The van der Waals surface area contributed by atoms with E-state index >= 15 is 0 Å². The Morgan fingerprint density at radius 3 is 2.44 bits per heavy atom. The number of hydrogen-bond donors (Lipinski definition) is 2. The van der Waals surface area contributed by atoms with Crippen molar-refractivity contribution in [3.8, 4) is 6.07 Å². The predicted octanol–water partition coefficient (Wildman–Crippen LogP) is 2.11. The molecule has 1 rings (SSSR count). The van der Waals surface area contributed by atoms with Gasteiger partial charge in [0.05, 0.1) is 12.5 Å². The molecule has 0 spiro atoms. The molecular weight excluding hydrogens is 226 g/mol. The molecule has 0 heterocycles. The summed E-state index contributed by atoms with van der Waals surface area (Å²) in [5.74, 6) is -0.0580. The topological polar surface area (TPSA) is 64.9 Å². The van der Waals surface area contributed by atoms with Gasteiger partial charge in [-0.25, -0.2) is 0 Å². The molecule has 102 valence electrons. The highest BCUT2D eigenvalue weighted by Crippen LogP contribution is 2.18. The van der Waals surface area contributed by atoms with Gasteiger partial charge in [-0.2, -0.15) is 5.26 Å². The monoisotopic (exact) mass is 251 g/mol. The van der Waals surface area contributed by atoms with E-state index in [0.717, 1.165) is 12.8 Å². The zero-order valence-corrected chi connectivity index (χ0v) is 11.8. The Morgan fingerprint density at radius 2 is 1.94 bits per heavy atom. The Hall–Kier alpha value is -1.08. The minimum absolute atomic E-state index is 0.0580. The van der Waals surface area contributed by atoms with Crippen LogP contribution in [0.1, 0.15) is 59.3 Å². The highest BCUT2D eigenvalue weighted by molar-refractivity contribution is 5.77. The fourth-order valence-corrected chi connectivity index (χ4v) is 2.35. The second kappa shape index (κ2) is 6.75. The maximum atomic E-state index is 11.8. The first kappa shape index (κ1) is 15.0. The van der Waals surface area contributed by atoms with Crippen molar-refractivity contribution in [1.82, 2.24) is 10.6 Å². The third-order valence-electron chi connectivity index (χ3n) is 3.10. The number of nitrogens with zero attached hydrogens (tertiary/aromatic N) is 1. The second-order valence-electron chi connectivity index (χ2n) is 6.19. The van der Waals surface area contributed by atoms with Gasteiger partial charge < -0.3 is 5.32 Å². The van der Waals surface area contributed by atoms with Crippen molar-refractivity contribution < 1.29 is 4.79 Å². The largest absolute Gasteiger partial charge is 0.351 e. The highest BCUT2D eigenvalue weighted by atomic mass is 16.1. The fourth-order valence-electron chi connectivity index (χ4n) is 2.35. The summed E-state index contributed by atoms with van der Waals surface area (Å²) in [6.07, 6.45) is 6.23. The second-order valence-corrected chi connectivity index (χ2v) is 6.19. The Bertz CT molecular complexity index is 308. The lowest BCUT2D eigenvalue weighted by molar-refractivity contribution is -0.122. The number of nitrogens with one attached hydrogen (secondary N) is 2. The molecule has 4 nitrogen and oxygen atoms in total. The minimum atomic E-state index is -0.365. The van der Waals surface area contributed by atoms with Crippen LogP contribution in [0.3, 0.4) is 0 Å². The molecule has 0 aromatic rings. The van der Waals surface area contributed by atoms with Crippen LogP contribution < -0.4 is 10.6 Å². The highest BCUT2D eigenvalue weighted by Gasteiger charge is 2.21.